The van der Waals surface area contributed by atoms with Crippen molar-refractivity contribution in [1.29, 1.82) is 0 Å². The number of likely N-dealkylation sites (tertiary alicyclic amines) is 1. The van der Waals surface area contributed by atoms with Gasteiger partial charge in [0, 0.05) is 24.3 Å². The van der Waals surface area contributed by atoms with E-state index < -0.39 is 9.84 Å². The number of carbonyl (C=O) groups excluding carboxylic acids is 1. The van der Waals surface area contributed by atoms with Crippen LogP contribution in [0.4, 0.5) is 4.79 Å². The minimum Gasteiger partial charge on any atom is -0.332 e. The van der Waals surface area contributed by atoms with Crippen molar-refractivity contribution in [2.45, 2.75) is 38.8 Å². The van der Waals surface area contributed by atoms with Crippen molar-refractivity contribution in [3.8, 4) is 0 Å². The van der Waals surface area contributed by atoms with E-state index in [1.165, 1.54) is 6.08 Å². The quantitative estimate of drug-likeness (QED) is 0.907. The fourth-order valence-electron chi connectivity index (χ4n) is 2.96. The number of carbonyl (C=O) groups is 1. The van der Waals surface area contributed by atoms with Gasteiger partial charge in [0.1, 0.15) is 0 Å². The predicted octanol–water partition coefficient (Wildman–Crippen LogP) is 3.12. The van der Waals surface area contributed by atoms with E-state index in [2.05, 4.69) is 24.4 Å². The molecule has 1 aliphatic heterocycles. The van der Waals surface area contributed by atoms with Crippen molar-refractivity contribution in [2.24, 2.45) is 5.92 Å². The van der Waals surface area contributed by atoms with Gasteiger partial charge in [0.2, 0.25) is 0 Å². The maximum Gasteiger partial charge on any atom is 0.318 e. The average Bonchev–Trinajstić information content (AvgIpc) is 2.53. The predicted molar refractivity (Wildman–Crippen MR) is 96.3 cm³/mol. The molecule has 6 heteroatoms. The number of rotatable bonds is 4. The smallest absolute Gasteiger partial charge is 0.318 e. The topological polar surface area (TPSA) is 66.5 Å². The van der Waals surface area contributed by atoms with Crippen LogP contribution in [0.2, 0.25) is 0 Å². The summed E-state index contributed by atoms with van der Waals surface area (Å²) in [4.78, 5) is 14.5. The van der Waals surface area contributed by atoms with Crippen molar-refractivity contribution in [2.75, 3.05) is 12.8 Å². The van der Waals surface area contributed by atoms with Gasteiger partial charge in [0.05, 0.1) is 6.04 Å². The van der Waals surface area contributed by atoms with Gasteiger partial charge in [-0.15, -0.1) is 0 Å². The zero-order valence-corrected chi connectivity index (χ0v) is 15.3. The van der Waals surface area contributed by atoms with Crippen LogP contribution in [0.15, 0.2) is 41.8 Å². The van der Waals surface area contributed by atoms with E-state index in [0.717, 1.165) is 30.1 Å². The van der Waals surface area contributed by atoms with Crippen LogP contribution >= 0.6 is 0 Å². The number of sulfone groups is 1. The summed E-state index contributed by atoms with van der Waals surface area (Å²) < 4.78 is 22.4. The summed E-state index contributed by atoms with van der Waals surface area (Å²) >= 11 is 0. The van der Waals surface area contributed by atoms with Gasteiger partial charge < -0.3 is 10.2 Å². The van der Waals surface area contributed by atoms with Crippen molar-refractivity contribution in [1.82, 2.24) is 10.2 Å². The van der Waals surface area contributed by atoms with E-state index in [9.17, 15) is 13.2 Å². The number of piperidine rings is 1. The summed E-state index contributed by atoms with van der Waals surface area (Å²) in [5.74, 6) is 0.571. The molecule has 0 saturated carbocycles. The molecule has 5 nitrogen and oxygen atoms in total. The van der Waals surface area contributed by atoms with Crippen LogP contribution in [0.5, 0.6) is 0 Å². The third-order valence-electron chi connectivity index (χ3n) is 4.28. The summed E-state index contributed by atoms with van der Waals surface area (Å²) in [6.45, 7) is 4.68. The molecule has 0 bridgehead atoms. The zero-order valence-electron chi connectivity index (χ0n) is 14.5. The van der Waals surface area contributed by atoms with Gasteiger partial charge in [-0.25, -0.2) is 13.2 Å². The Hall–Kier alpha value is -1.82. The summed E-state index contributed by atoms with van der Waals surface area (Å²) in [6.07, 6.45) is 4.54. The molecule has 1 aromatic carbocycles. The molecule has 1 aromatic rings. The fourth-order valence-corrected chi connectivity index (χ4v) is 3.48. The highest BCUT2D eigenvalue weighted by Crippen LogP contribution is 2.33. The number of benzene rings is 1. The lowest BCUT2D eigenvalue weighted by atomic mass is 9.88. The molecule has 0 aromatic heterocycles. The molecule has 0 aliphatic carbocycles. The highest BCUT2D eigenvalue weighted by atomic mass is 32.2. The first-order valence-electron chi connectivity index (χ1n) is 8.26. The molecule has 2 unspecified atom stereocenters. The molecule has 2 rings (SSSR count). The van der Waals surface area contributed by atoms with Crippen LogP contribution in [0.3, 0.4) is 0 Å². The second-order valence-electron chi connectivity index (χ2n) is 6.65. The molecule has 1 saturated heterocycles. The Labute approximate surface area is 144 Å². The number of nitrogens with one attached hydrogen (secondary N) is 1. The van der Waals surface area contributed by atoms with E-state index in [4.69, 9.17) is 0 Å². The summed E-state index contributed by atoms with van der Waals surface area (Å²) in [5.41, 5.74) is 1.14. The van der Waals surface area contributed by atoms with Crippen molar-refractivity contribution >= 4 is 15.9 Å². The maximum absolute atomic E-state index is 12.7. The Kier molecular flexibility index (Phi) is 6.04. The first-order valence-corrected chi connectivity index (χ1v) is 10.2. The number of nitrogens with zero attached hydrogens (tertiary/aromatic N) is 1. The average molecular weight is 350 g/mol. The van der Waals surface area contributed by atoms with E-state index >= 15 is 0 Å². The van der Waals surface area contributed by atoms with Gasteiger partial charge in [-0.1, -0.05) is 43.3 Å². The van der Waals surface area contributed by atoms with Gasteiger partial charge >= 0.3 is 6.03 Å². The lowest BCUT2D eigenvalue weighted by molar-refractivity contribution is 0.131. The van der Waals surface area contributed by atoms with E-state index in [1.54, 1.807) is 6.92 Å². The maximum atomic E-state index is 12.7. The van der Waals surface area contributed by atoms with Crippen molar-refractivity contribution < 1.29 is 13.2 Å². The number of urea groups is 1. The first kappa shape index (κ1) is 18.5. The minimum atomic E-state index is -3.19. The van der Waals surface area contributed by atoms with E-state index in [0.29, 0.717) is 12.5 Å². The summed E-state index contributed by atoms with van der Waals surface area (Å²) in [7, 11) is -3.19. The lowest BCUT2D eigenvalue weighted by Crippen LogP contribution is -2.48. The molecule has 3 atom stereocenters. The van der Waals surface area contributed by atoms with Gasteiger partial charge in [-0.3, -0.25) is 0 Å². The van der Waals surface area contributed by atoms with Crippen molar-refractivity contribution in [3.05, 3.63) is 47.4 Å². The largest absolute Gasteiger partial charge is 0.332 e. The Bertz CT molecular complexity index is 685. The second kappa shape index (κ2) is 7.83. The van der Waals surface area contributed by atoms with Gasteiger partial charge in [0.15, 0.2) is 9.84 Å². The SMILES string of the molecule is CC1CCN(C(=O)N[C@H](C)/C=C/S(C)(=O)=O)C(c2ccccc2)C1. The Balaban J connectivity index is 2.09. The molecule has 0 radical (unpaired) electrons. The second-order valence-corrected chi connectivity index (χ2v) is 8.58. The number of amides is 2. The van der Waals surface area contributed by atoms with E-state index in [1.807, 2.05) is 23.1 Å². The van der Waals surface area contributed by atoms with Gasteiger partial charge in [-0.2, -0.15) is 0 Å². The molecule has 24 heavy (non-hydrogen) atoms. The highest BCUT2D eigenvalue weighted by Gasteiger charge is 2.31. The molecule has 1 fully saturated rings. The Morgan fingerprint density at radius 1 is 1.33 bits per heavy atom. The van der Waals surface area contributed by atoms with Crippen LogP contribution in [0, 0.1) is 5.92 Å². The monoisotopic (exact) mass is 350 g/mol. The molecule has 1 N–H and O–H groups in total. The molecule has 1 aliphatic rings. The number of hydrogen-bond donors (Lipinski definition) is 1. The van der Waals surface area contributed by atoms with Crippen LogP contribution in [-0.2, 0) is 9.84 Å². The highest BCUT2D eigenvalue weighted by molar-refractivity contribution is 7.93. The third kappa shape index (κ3) is 5.37. The fraction of sp³-hybridized carbons (Fsp3) is 0.500. The molecular formula is C18H26N2O3S. The first-order chi connectivity index (χ1) is 11.3. The third-order valence-corrected chi connectivity index (χ3v) is 4.93. The molecule has 0 spiro atoms. The van der Waals surface area contributed by atoms with Crippen LogP contribution in [-0.4, -0.2) is 38.2 Å². The molecule has 2 amide bonds. The lowest BCUT2D eigenvalue weighted by Gasteiger charge is -2.39. The van der Waals surface area contributed by atoms with Crippen LogP contribution in [0.1, 0.15) is 38.3 Å². The Morgan fingerprint density at radius 3 is 2.62 bits per heavy atom. The molecule has 1 heterocycles. The normalized spacial score (nSPS) is 23.2. The summed E-state index contributed by atoms with van der Waals surface area (Å²) in [5, 5.41) is 4.00. The molecular weight excluding hydrogens is 324 g/mol. The number of hydrogen-bond acceptors (Lipinski definition) is 3. The van der Waals surface area contributed by atoms with E-state index in [-0.39, 0.29) is 18.1 Å². The minimum absolute atomic E-state index is 0.0565. The Morgan fingerprint density at radius 2 is 2.00 bits per heavy atom. The van der Waals surface area contributed by atoms with Crippen molar-refractivity contribution in [3.63, 3.8) is 0 Å². The van der Waals surface area contributed by atoms with Crippen LogP contribution in [0.25, 0.3) is 0 Å². The standard InChI is InChI=1S/C18H26N2O3S/c1-14-9-11-20(17(13-14)16-7-5-4-6-8-16)18(21)19-15(2)10-12-24(3,22)23/h4-8,10,12,14-15,17H,9,11,13H2,1-3H3,(H,19,21)/b12-10+/t14?,15-,17?/m1/s1. The zero-order chi connectivity index (χ0) is 17.7. The van der Waals surface area contributed by atoms with Crippen LogP contribution < -0.4 is 5.32 Å². The summed E-state index contributed by atoms with van der Waals surface area (Å²) in [6, 6.07) is 9.61. The molecule has 132 valence electrons. The van der Waals surface area contributed by atoms with Gasteiger partial charge in [-0.05, 0) is 31.2 Å². The van der Waals surface area contributed by atoms with Gasteiger partial charge in [0.25, 0.3) is 0 Å².